The van der Waals surface area contributed by atoms with Crippen LogP contribution in [0.4, 0.5) is 4.39 Å². The van der Waals surface area contributed by atoms with Crippen LogP contribution in [-0.2, 0) is 59.9 Å². The summed E-state index contributed by atoms with van der Waals surface area (Å²) in [5.74, 6) is -0.358. The summed E-state index contributed by atoms with van der Waals surface area (Å²) >= 11 is 0. The van der Waals surface area contributed by atoms with Crippen LogP contribution < -0.4 is 0 Å². The Hall–Kier alpha value is -4.72. The van der Waals surface area contributed by atoms with Gasteiger partial charge in [-0.3, -0.25) is 0 Å². The summed E-state index contributed by atoms with van der Waals surface area (Å²) in [7, 11) is -3.87. The molecule has 1 N–H and O–H groups in total. The standard InChI is InChI=1S/C43H42FNO8S/c44-35-22-20-33(21-23-35)30-52-42-41(51-29-32-14-6-2-7-15-32)40(50-28-31-12-4-1-5-13-31)39(27-46)53-43(42)49-25-24-34-26-45(38-19-11-10-18-37(34)38)54(47,48)36-16-8-3-9-17-36/h1-23,26,39-43,46H,24-25,27-30H2/t39-,40-,41+,42-,43-/m1/s1. The zero-order chi connectivity index (χ0) is 37.3. The fourth-order valence-corrected chi connectivity index (χ4v) is 8.05. The molecule has 11 heteroatoms. The van der Waals surface area contributed by atoms with Crippen LogP contribution in [0.15, 0.2) is 151 Å². The molecule has 6 aromatic rings. The molecule has 1 aliphatic heterocycles. The van der Waals surface area contributed by atoms with Gasteiger partial charge in [0.2, 0.25) is 0 Å². The number of aliphatic hydroxyl groups is 1. The van der Waals surface area contributed by atoms with E-state index in [0.29, 0.717) is 11.9 Å². The summed E-state index contributed by atoms with van der Waals surface area (Å²) in [5, 5.41) is 11.4. The fraction of sp³-hybridized carbons (Fsp3) is 0.256. The van der Waals surface area contributed by atoms with E-state index in [9.17, 15) is 17.9 Å². The monoisotopic (exact) mass is 751 g/mol. The lowest BCUT2D eigenvalue weighted by molar-refractivity contribution is -0.326. The summed E-state index contributed by atoms with van der Waals surface area (Å²) in [6.45, 7) is 0.315. The maximum Gasteiger partial charge on any atom is 0.268 e. The molecule has 9 nitrogen and oxygen atoms in total. The Labute approximate surface area is 314 Å². The lowest BCUT2D eigenvalue weighted by Gasteiger charge is -2.45. The lowest BCUT2D eigenvalue weighted by Crippen LogP contribution is -2.61. The van der Waals surface area contributed by atoms with Gasteiger partial charge in [-0.2, -0.15) is 0 Å². The number of rotatable bonds is 16. The third-order valence-corrected chi connectivity index (χ3v) is 11.1. The summed E-state index contributed by atoms with van der Waals surface area (Å²) in [6.07, 6.45) is -2.22. The second-order valence-electron chi connectivity index (χ2n) is 13.1. The molecule has 1 aromatic heterocycles. The average molecular weight is 752 g/mol. The first-order valence-corrected chi connectivity index (χ1v) is 19.3. The van der Waals surface area contributed by atoms with Gasteiger partial charge in [0.1, 0.15) is 30.2 Å². The van der Waals surface area contributed by atoms with Crippen molar-refractivity contribution in [2.75, 3.05) is 13.2 Å². The molecule has 5 atom stereocenters. The predicted molar refractivity (Wildman–Crippen MR) is 201 cm³/mol. The molecular weight excluding hydrogens is 710 g/mol. The minimum absolute atomic E-state index is 0.0966. The third kappa shape index (κ3) is 8.80. The van der Waals surface area contributed by atoms with Crippen molar-refractivity contribution in [1.29, 1.82) is 0 Å². The number of halogens is 1. The number of aliphatic hydroxyl groups excluding tert-OH is 1. The van der Waals surface area contributed by atoms with Gasteiger partial charge >= 0.3 is 0 Å². The molecule has 54 heavy (non-hydrogen) atoms. The van der Waals surface area contributed by atoms with E-state index in [1.54, 1.807) is 60.8 Å². The van der Waals surface area contributed by atoms with Gasteiger partial charge in [0.15, 0.2) is 6.29 Å². The Kier molecular flexibility index (Phi) is 12.3. The highest BCUT2D eigenvalue weighted by atomic mass is 32.2. The Balaban J connectivity index is 1.16. The number of hydrogen-bond donors (Lipinski definition) is 1. The second kappa shape index (κ2) is 17.6. The first-order valence-electron chi connectivity index (χ1n) is 17.9. The number of ether oxygens (including phenoxy) is 5. The van der Waals surface area contributed by atoms with E-state index < -0.39 is 40.7 Å². The predicted octanol–water partition coefficient (Wildman–Crippen LogP) is 7.05. The summed E-state index contributed by atoms with van der Waals surface area (Å²) in [6, 6.07) is 41.1. The van der Waals surface area contributed by atoms with E-state index in [-0.39, 0.29) is 43.7 Å². The van der Waals surface area contributed by atoms with Crippen LogP contribution in [0.2, 0.25) is 0 Å². The zero-order valence-electron chi connectivity index (χ0n) is 29.5. The maximum atomic E-state index is 13.8. The highest BCUT2D eigenvalue weighted by Gasteiger charge is 2.49. The van der Waals surface area contributed by atoms with Crippen molar-refractivity contribution in [3.8, 4) is 0 Å². The molecule has 0 radical (unpaired) electrons. The molecule has 5 aromatic carbocycles. The van der Waals surface area contributed by atoms with Gasteiger partial charge in [0, 0.05) is 11.6 Å². The van der Waals surface area contributed by atoms with E-state index in [0.717, 1.165) is 27.6 Å². The summed E-state index contributed by atoms with van der Waals surface area (Å²) in [5.41, 5.74) is 3.92. The van der Waals surface area contributed by atoms with Crippen LogP contribution in [0.3, 0.4) is 0 Å². The molecule has 0 aliphatic carbocycles. The Morgan fingerprint density at radius 2 is 1.17 bits per heavy atom. The number of hydrogen-bond acceptors (Lipinski definition) is 8. The van der Waals surface area contributed by atoms with Crippen LogP contribution >= 0.6 is 0 Å². The molecular formula is C43H42FNO8S. The second-order valence-corrected chi connectivity index (χ2v) is 14.9. The van der Waals surface area contributed by atoms with Crippen molar-refractivity contribution < 1.29 is 41.6 Å². The SMILES string of the molecule is O=S(=O)(c1ccccc1)n1cc(CCO[C@@H]2O[C@H](CO)[C@@H](OCc3ccccc3)[C@H](OCc3ccccc3)[C@H]2OCc2ccc(F)cc2)c2ccccc21. The first kappa shape index (κ1) is 37.6. The number of nitrogens with zero attached hydrogens (tertiary/aromatic N) is 1. The van der Waals surface area contributed by atoms with Crippen molar-refractivity contribution in [1.82, 2.24) is 3.97 Å². The Bertz CT molecular complexity index is 2180. The van der Waals surface area contributed by atoms with Gasteiger partial charge < -0.3 is 28.8 Å². The van der Waals surface area contributed by atoms with Gasteiger partial charge in [0.25, 0.3) is 10.0 Å². The third-order valence-electron chi connectivity index (χ3n) is 9.41. The van der Waals surface area contributed by atoms with E-state index in [1.807, 2.05) is 72.8 Å². The topological polar surface area (TPSA) is 105 Å². The quantitative estimate of drug-likeness (QED) is 0.112. The van der Waals surface area contributed by atoms with Gasteiger partial charge in [0.05, 0.1) is 43.4 Å². The van der Waals surface area contributed by atoms with Crippen LogP contribution in [0.1, 0.15) is 22.3 Å². The number of para-hydroxylation sites is 1. The summed E-state index contributed by atoms with van der Waals surface area (Å²) < 4.78 is 74.9. The lowest BCUT2D eigenvalue weighted by atomic mass is 9.97. The molecule has 0 amide bonds. The largest absolute Gasteiger partial charge is 0.394 e. The van der Waals surface area contributed by atoms with Crippen LogP contribution in [0.5, 0.6) is 0 Å². The molecule has 0 spiro atoms. The van der Waals surface area contributed by atoms with Gasteiger partial charge in [-0.1, -0.05) is 109 Å². The number of fused-ring (bicyclic) bond motifs is 1. The molecule has 1 fully saturated rings. The first-order chi connectivity index (χ1) is 26.4. The molecule has 280 valence electrons. The van der Waals surface area contributed by atoms with E-state index >= 15 is 0 Å². The Morgan fingerprint density at radius 3 is 1.80 bits per heavy atom. The van der Waals surface area contributed by atoms with E-state index in [1.165, 1.54) is 16.1 Å². The highest BCUT2D eigenvalue weighted by molar-refractivity contribution is 7.90. The maximum absolute atomic E-state index is 13.8. The van der Waals surface area contributed by atoms with Gasteiger partial charge in [-0.15, -0.1) is 0 Å². The van der Waals surface area contributed by atoms with Crippen molar-refractivity contribution in [3.63, 3.8) is 0 Å². The Morgan fingerprint density at radius 1 is 0.630 bits per heavy atom. The molecule has 2 heterocycles. The van der Waals surface area contributed by atoms with Crippen molar-refractivity contribution in [2.24, 2.45) is 0 Å². The highest BCUT2D eigenvalue weighted by Crippen LogP contribution is 2.32. The molecule has 0 unspecified atom stereocenters. The van der Waals surface area contributed by atoms with Crippen LogP contribution in [0, 0.1) is 5.82 Å². The van der Waals surface area contributed by atoms with Crippen molar-refractivity contribution in [2.45, 2.75) is 61.8 Å². The minimum Gasteiger partial charge on any atom is -0.394 e. The van der Waals surface area contributed by atoms with Crippen LogP contribution in [-0.4, -0.2) is 61.4 Å². The molecule has 0 saturated carbocycles. The normalized spacial score (nSPS) is 20.3. The molecule has 0 bridgehead atoms. The smallest absolute Gasteiger partial charge is 0.268 e. The van der Waals surface area contributed by atoms with E-state index in [4.69, 9.17) is 23.7 Å². The van der Waals surface area contributed by atoms with Gasteiger partial charge in [-0.25, -0.2) is 16.8 Å². The van der Waals surface area contributed by atoms with E-state index in [2.05, 4.69) is 0 Å². The van der Waals surface area contributed by atoms with Crippen molar-refractivity contribution >= 4 is 20.9 Å². The minimum atomic E-state index is -3.87. The molecule has 1 saturated heterocycles. The number of aromatic nitrogens is 1. The van der Waals surface area contributed by atoms with Crippen molar-refractivity contribution in [3.05, 3.63) is 174 Å². The average Bonchev–Trinajstić information content (AvgIpc) is 3.60. The fourth-order valence-electron chi connectivity index (χ4n) is 6.64. The zero-order valence-corrected chi connectivity index (χ0v) is 30.3. The molecule has 7 rings (SSSR count). The number of benzene rings is 5. The van der Waals surface area contributed by atoms with Crippen LogP contribution in [0.25, 0.3) is 10.9 Å². The van der Waals surface area contributed by atoms with Gasteiger partial charge in [-0.05, 0) is 59.0 Å². The summed E-state index contributed by atoms with van der Waals surface area (Å²) in [4.78, 5) is 0.186. The molecule has 1 aliphatic rings.